The van der Waals surface area contributed by atoms with Crippen molar-refractivity contribution in [3.63, 3.8) is 0 Å². The Morgan fingerprint density at radius 3 is 2.92 bits per heavy atom. The summed E-state index contributed by atoms with van der Waals surface area (Å²) >= 11 is 4.92. The van der Waals surface area contributed by atoms with Crippen LogP contribution in [0.25, 0.3) is 5.70 Å². The van der Waals surface area contributed by atoms with E-state index < -0.39 is 0 Å². The van der Waals surface area contributed by atoms with E-state index in [4.69, 9.17) is 12.2 Å². The third-order valence-electron chi connectivity index (χ3n) is 1.40. The van der Waals surface area contributed by atoms with E-state index in [9.17, 15) is 0 Å². The highest BCUT2D eigenvalue weighted by Gasteiger charge is 1.96. The van der Waals surface area contributed by atoms with Crippen molar-refractivity contribution in [1.82, 2.24) is 20.2 Å². The number of hydrogen-bond donors (Lipinski definition) is 1. The van der Waals surface area contributed by atoms with Crippen molar-refractivity contribution in [2.75, 3.05) is 0 Å². The second kappa shape index (κ2) is 4.51. The summed E-state index contributed by atoms with van der Waals surface area (Å²) < 4.78 is 1.96. The Kier molecular flexibility index (Phi) is 3.33. The van der Waals surface area contributed by atoms with Crippen LogP contribution in [-0.2, 0) is 0 Å². The Balaban J connectivity index is 3.11. The molecule has 1 rings (SSSR count). The van der Waals surface area contributed by atoms with Gasteiger partial charge in [0.1, 0.15) is 0 Å². The topological polar surface area (TPSA) is 46.5 Å². The number of H-pyrrole nitrogens is 1. The molecule has 0 aromatic carbocycles. The van der Waals surface area contributed by atoms with E-state index in [1.54, 1.807) is 10.8 Å². The molecule has 0 saturated carbocycles. The fraction of sp³-hybridized carbons (Fsp3) is 0.125. The minimum absolute atomic E-state index is 0.385. The van der Waals surface area contributed by atoms with Gasteiger partial charge in [-0.2, -0.15) is 5.21 Å². The monoisotopic (exact) mass is 194 g/mol. The van der Waals surface area contributed by atoms with Crippen LogP contribution in [0.4, 0.5) is 0 Å². The number of nitrogens with zero attached hydrogens (tertiary/aromatic N) is 3. The molecular formula is C8H10N4S. The summed E-state index contributed by atoms with van der Waals surface area (Å²) in [4.78, 5) is 0. The normalized spacial score (nSPS) is 12.2. The maximum absolute atomic E-state index is 4.92. The standard InChI is InChI=1S/C8H10N4S/c1-3-5-6-7(4-2)12-8(13)9-10-11-12/h3-6H,2H2,1H3,(H,9,11,13)/b5-3-,7-6+. The molecule has 0 saturated heterocycles. The minimum atomic E-state index is 0.385. The largest absolute Gasteiger partial charge is 0.242 e. The lowest BCUT2D eigenvalue weighted by molar-refractivity contribution is 0.803. The average Bonchev–Trinajstić information content (AvgIpc) is 2.54. The van der Waals surface area contributed by atoms with Crippen LogP contribution in [0, 0.1) is 4.77 Å². The Hall–Kier alpha value is -1.49. The number of allylic oxidation sites excluding steroid dienone is 5. The number of rotatable bonds is 3. The molecule has 0 unspecified atom stereocenters. The first-order chi connectivity index (χ1) is 6.29. The van der Waals surface area contributed by atoms with Gasteiger partial charge in [0.15, 0.2) is 0 Å². The molecule has 0 bridgehead atoms. The molecule has 0 aliphatic rings. The molecule has 0 spiro atoms. The molecule has 5 heteroatoms. The van der Waals surface area contributed by atoms with E-state index in [1.165, 1.54) is 0 Å². The van der Waals surface area contributed by atoms with Gasteiger partial charge in [0.25, 0.3) is 0 Å². The van der Waals surface area contributed by atoms with Gasteiger partial charge >= 0.3 is 0 Å². The van der Waals surface area contributed by atoms with Crippen LogP contribution in [0.15, 0.2) is 30.9 Å². The first kappa shape index (κ1) is 9.60. The molecular weight excluding hydrogens is 184 g/mol. The number of hydrogen-bond acceptors (Lipinski definition) is 3. The fourth-order valence-corrected chi connectivity index (χ4v) is 0.981. The molecule has 0 amide bonds. The number of tetrazole rings is 1. The Morgan fingerprint density at radius 2 is 2.46 bits per heavy atom. The van der Waals surface area contributed by atoms with Crippen LogP contribution in [0.2, 0.25) is 0 Å². The van der Waals surface area contributed by atoms with Gasteiger partial charge in [-0.1, -0.05) is 29.0 Å². The van der Waals surface area contributed by atoms with Gasteiger partial charge in [-0.05, 0) is 31.3 Å². The molecule has 1 aromatic heterocycles. The van der Waals surface area contributed by atoms with E-state index in [0.717, 1.165) is 5.70 Å². The van der Waals surface area contributed by atoms with E-state index >= 15 is 0 Å². The third kappa shape index (κ3) is 2.22. The van der Waals surface area contributed by atoms with E-state index in [0.29, 0.717) is 4.77 Å². The summed E-state index contributed by atoms with van der Waals surface area (Å²) in [5.74, 6) is 0. The highest BCUT2D eigenvalue weighted by Crippen LogP contribution is 2.02. The lowest BCUT2D eigenvalue weighted by atomic mass is 10.3. The number of aromatic nitrogens is 4. The van der Waals surface area contributed by atoms with Crippen LogP contribution in [-0.4, -0.2) is 20.2 Å². The highest BCUT2D eigenvalue weighted by molar-refractivity contribution is 7.71. The Morgan fingerprint density at radius 1 is 1.69 bits per heavy atom. The van der Waals surface area contributed by atoms with E-state index in [-0.39, 0.29) is 0 Å². The first-order valence-corrected chi connectivity index (χ1v) is 4.16. The smallest absolute Gasteiger partial charge is 0.210 e. The zero-order chi connectivity index (χ0) is 9.68. The quantitative estimate of drug-likeness (QED) is 0.591. The predicted molar refractivity (Wildman–Crippen MR) is 54.5 cm³/mol. The molecule has 1 N–H and O–H groups in total. The van der Waals surface area contributed by atoms with Crippen molar-refractivity contribution in [3.05, 3.63) is 35.7 Å². The summed E-state index contributed by atoms with van der Waals surface area (Å²) in [6.07, 6.45) is 7.34. The van der Waals surface area contributed by atoms with Crippen molar-refractivity contribution in [2.45, 2.75) is 6.92 Å². The van der Waals surface area contributed by atoms with Gasteiger partial charge in [-0.25, -0.2) is 4.68 Å². The first-order valence-electron chi connectivity index (χ1n) is 3.75. The van der Waals surface area contributed by atoms with Crippen molar-refractivity contribution < 1.29 is 0 Å². The summed E-state index contributed by atoms with van der Waals surface area (Å²) in [5, 5.41) is 9.87. The molecule has 0 fully saturated rings. The van der Waals surface area contributed by atoms with Crippen LogP contribution >= 0.6 is 12.2 Å². The van der Waals surface area contributed by atoms with Gasteiger partial charge in [0.05, 0.1) is 5.70 Å². The van der Waals surface area contributed by atoms with Crippen LogP contribution < -0.4 is 0 Å². The van der Waals surface area contributed by atoms with Gasteiger partial charge in [-0.3, -0.25) is 0 Å². The SMILES string of the molecule is C=C/C(=C\C=C/C)n1[nH]nnc1=S. The Labute approximate surface area is 81.3 Å². The second-order valence-electron chi connectivity index (χ2n) is 2.24. The summed E-state index contributed by atoms with van der Waals surface area (Å²) in [6.45, 7) is 5.60. The summed E-state index contributed by atoms with van der Waals surface area (Å²) in [6, 6.07) is 0. The predicted octanol–water partition coefficient (Wildman–Crippen LogP) is 1.94. The molecule has 0 radical (unpaired) electrons. The van der Waals surface area contributed by atoms with Crippen LogP contribution in [0.3, 0.4) is 0 Å². The molecule has 0 aliphatic carbocycles. The van der Waals surface area contributed by atoms with E-state index in [2.05, 4.69) is 22.1 Å². The lowest BCUT2D eigenvalue weighted by Crippen LogP contribution is -1.96. The maximum Gasteiger partial charge on any atom is 0.242 e. The van der Waals surface area contributed by atoms with Crippen LogP contribution in [0.1, 0.15) is 6.92 Å². The number of nitrogens with one attached hydrogen (secondary N) is 1. The lowest BCUT2D eigenvalue weighted by Gasteiger charge is -1.98. The van der Waals surface area contributed by atoms with Gasteiger partial charge in [-0.15, -0.1) is 0 Å². The molecule has 1 aromatic rings. The zero-order valence-corrected chi connectivity index (χ0v) is 8.08. The van der Waals surface area contributed by atoms with Gasteiger partial charge < -0.3 is 0 Å². The fourth-order valence-electron chi connectivity index (χ4n) is 0.794. The summed E-state index contributed by atoms with van der Waals surface area (Å²) in [5.41, 5.74) is 0.813. The minimum Gasteiger partial charge on any atom is -0.210 e. The van der Waals surface area contributed by atoms with Crippen molar-refractivity contribution in [1.29, 1.82) is 0 Å². The Bertz CT molecular complexity index is 396. The molecule has 13 heavy (non-hydrogen) atoms. The molecule has 0 atom stereocenters. The van der Waals surface area contributed by atoms with Crippen molar-refractivity contribution in [3.8, 4) is 0 Å². The maximum atomic E-state index is 4.92. The highest BCUT2D eigenvalue weighted by atomic mass is 32.1. The van der Waals surface area contributed by atoms with Gasteiger partial charge in [0, 0.05) is 0 Å². The van der Waals surface area contributed by atoms with Crippen molar-refractivity contribution >= 4 is 17.9 Å². The molecule has 1 heterocycles. The molecule has 0 aliphatic heterocycles. The van der Waals surface area contributed by atoms with Crippen molar-refractivity contribution in [2.24, 2.45) is 0 Å². The zero-order valence-electron chi connectivity index (χ0n) is 7.27. The second-order valence-corrected chi connectivity index (χ2v) is 2.60. The third-order valence-corrected chi connectivity index (χ3v) is 1.66. The average molecular weight is 194 g/mol. The van der Waals surface area contributed by atoms with Gasteiger partial charge in [0.2, 0.25) is 4.77 Å². The van der Waals surface area contributed by atoms with Crippen LogP contribution in [0.5, 0.6) is 0 Å². The molecule has 4 nitrogen and oxygen atoms in total. The summed E-state index contributed by atoms with van der Waals surface area (Å²) in [7, 11) is 0. The number of aromatic amines is 1. The van der Waals surface area contributed by atoms with E-state index in [1.807, 2.05) is 25.2 Å². The molecule has 68 valence electrons.